The normalized spacial score (nSPS) is 32.9. The Kier molecular flexibility index (Phi) is 3.12. The molecule has 3 nitrogen and oxygen atoms in total. The SMILES string of the molecule is NNC(CC1CC2CCC1C2)c1ccccn1. The lowest BCUT2D eigenvalue weighted by Crippen LogP contribution is -2.31. The molecule has 2 fully saturated rings. The first-order valence-electron chi connectivity index (χ1n) is 6.74. The average Bonchev–Trinajstić information content (AvgIpc) is 2.99. The molecule has 17 heavy (non-hydrogen) atoms. The number of nitrogens with one attached hydrogen (secondary N) is 1. The summed E-state index contributed by atoms with van der Waals surface area (Å²) >= 11 is 0. The minimum absolute atomic E-state index is 0.223. The Hall–Kier alpha value is -0.930. The highest BCUT2D eigenvalue weighted by atomic mass is 15.2. The fourth-order valence-electron chi connectivity index (χ4n) is 3.82. The molecule has 0 amide bonds. The molecule has 3 rings (SSSR count). The molecule has 92 valence electrons. The van der Waals surface area contributed by atoms with Crippen LogP contribution in [-0.2, 0) is 0 Å². The Labute approximate surface area is 103 Å². The molecule has 0 aliphatic heterocycles. The Morgan fingerprint density at radius 1 is 1.35 bits per heavy atom. The summed E-state index contributed by atoms with van der Waals surface area (Å²) in [4.78, 5) is 4.41. The maximum Gasteiger partial charge on any atom is 0.0634 e. The van der Waals surface area contributed by atoms with Gasteiger partial charge in [-0.15, -0.1) is 0 Å². The third-order valence-electron chi connectivity index (χ3n) is 4.67. The molecule has 2 saturated carbocycles. The van der Waals surface area contributed by atoms with Crippen LogP contribution in [0.15, 0.2) is 24.4 Å². The maximum absolute atomic E-state index is 5.69. The topological polar surface area (TPSA) is 50.9 Å². The lowest BCUT2D eigenvalue weighted by Gasteiger charge is -2.26. The highest BCUT2D eigenvalue weighted by Crippen LogP contribution is 2.50. The summed E-state index contributed by atoms with van der Waals surface area (Å²) in [5.41, 5.74) is 4.02. The number of fused-ring (bicyclic) bond motifs is 2. The Bertz CT molecular complexity index is 365. The van der Waals surface area contributed by atoms with E-state index in [4.69, 9.17) is 5.84 Å². The summed E-state index contributed by atoms with van der Waals surface area (Å²) in [6.07, 6.45) is 8.77. The fraction of sp³-hybridized carbons (Fsp3) is 0.643. The van der Waals surface area contributed by atoms with Crippen LogP contribution in [0.4, 0.5) is 0 Å². The van der Waals surface area contributed by atoms with Crippen molar-refractivity contribution in [1.29, 1.82) is 0 Å². The second kappa shape index (κ2) is 4.75. The van der Waals surface area contributed by atoms with Crippen molar-refractivity contribution in [1.82, 2.24) is 10.4 Å². The van der Waals surface area contributed by atoms with Gasteiger partial charge in [0.2, 0.25) is 0 Å². The van der Waals surface area contributed by atoms with Crippen LogP contribution < -0.4 is 11.3 Å². The molecular formula is C14H21N3. The Morgan fingerprint density at radius 2 is 2.29 bits per heavy atom. The number of rotatable bonds is 4. The lowest BCUT2D eigenvalue weighted by atomic mass is 9.83. The van der Waals surface area contributed by atoms with Gasteiger partial charge in [-0.1, -0.05) is 12.5 Å². The number of nitrogens with two attached hydrogens (primary N) is 1. The van der Waals surface area contributed by atoms with Crippen molar-refractivity contribution < 1.29 is 0 Å². The molecule has 0 aromatic carbocycles. The molecule has 0 saturated heterocycles. The molecule has 0 radical (unpaired) electrons. The summed E-state index contributed by atoms with van der Waals surface area (Å²) in [6.45, 7) is 0. The lowest BCUT2D eigenvalue weighted by molar-refractivity contribution is 0.278. The summed E-state index contributed by atoms with van der Waals surface area (Å²) in [7, 11) is 0. The molecule has 2 aliphatic rings. The number of hydrogen-bond acceptors (Lipinski definition) is 3. The summed E-state index contributed by atoms with van der Waals surface area (Å²) in [6, 6.07) is 6.28. The van der Waals surface area contributed by atoms with E-state index in [1.165, 1.54) is 25.7 Å². The van der Waals surface area contributed by atoms with Gasteiger partial charge in [0, 0.05) is 6.20 Å². The van der Waals surface area contributed by atoms with Crippen molar-refractivity contribution in [2.24, 2.45) is 23.6 Å². The van der Waals surface area contributed by atoms with Crippen molar-refractivity contribution in [3.63, 3.8) is 0 Å². The zero-order valence-electron chi connectivity index (χ0n) is 10.2. The van der Waals surface area contributed by atoms with E-state index >= 15 is 0 Å². The maximum atomic E-state index is 5.69. The molecule has 2 aliphatic carbocycles. The molecule has 1 aromatic heterocycles. The third kappa shape index (κ3) is 2.22. The molecule has 4 atom stereocenters. The van der Waals surface area contributed by atoms with Crippen LogP contribution in [0.2, 0.25) is 0 Å². The molecular weight excluding hydrogens is 210 g/mol. The first-order chi connectivity index (χ1) is 8.36. The van der Waals surface area contributed by atoms with Crippen molar-refractivity contribution in [3.05, 3.63) is 30.1 Å². The molecule has 1 heterocycles. The van der Waals surface area contributed by atoms with Crippen LogP contribution in [0, 0.1) is 17.8 Å². The molecule has 3 N–H and O–H groups in total. The number of hydrogen-bond donors (Lipinski definition) is 2. The molecule has 1 aromatic rings. The van der Waals surface area contributed by atoms with E-state index in [0.29, 0.717) is 0 Å². The van der Waals surface area contributed by atoms with Crippen molar-refractivity contribution in [2.75, 3.05) is 0 Å². The Morgan fingerprint density at radius 3 is 2.88 bits per heavy atom. The monoisotopic (exact) mass is 231 g/mol. The first kappa shape index (κ1) is 11.2. The highest BCUT2D eigenvalue weighted by Gasteiger charge is 2.40. The van der Waals surface area contributed by atoms with E-state index in [9.17, 15) is 0 Å². The third-order valence-corrected chi connectivity index (χ3v) is 4.67. The fourth-order valence-corrected chi connectivity index (χ4v) is 3.82. The molecule has 0 spiro atoms. The standard InChI is InChI=1S/C14H21N3/c15-17-14(13-3-1-2-6-16-13)9-12-8-10-4-5-11(12)7-10/h1-3,6,10-12,14,17H,4-5,7-9,15H2. The van der Waals surface area contributed by atoms with E-state index in [0.717, 1.165) is 29.9 Å². The van der Waals surface area contributed by atoms with Gasteiger partial charge in [-0.2, -0.15) is 0 Å². The summed E-state index contributed by atoms with van der Waals surface area (Å²) in [5.74, 6) is 8.51. The van der Waals surface area contributed by atoms with Gasteiger partial charge in [-0.25, -0.2) is 0 Å². The van der Waals surface area contributed by atoms with Crippen LogP contribution >= 0.6 is 0 Å². The average molecular weight is 231 g/mol. The molecule has 4 unspecified atom stereocenters. The van der Waals surface area contributed by atoms with Gasteiger partial charge >= 0.3 is 0 Å². The second-order valence-corrected chi connectivity index (χ2v) is 5.64. The predicted octanol–water partition coefficient (Wildman–Crippen LogP) is 2.41. The van der Waals surface area contributed by atoms with Gasteiger partial charge in [-0.3, -0.25) is 16.3 Å². The summed E-state index contributed by atoms with van der Waals surface area (Å²) < 4.78 is 0. The van der Waals surface area contributed by atoms with Crippen LogP contribution in [-0.4, -0.2) is 4.98 Å². The van der Waals surface area contributed by atoms with E-state index in [-0.39, 0.29) is 6.04 Å². The molecule has 2 bridgehead atoms. The Balaban J connectivity index is 1.67. The first-order valence-corrected chi connectivity index (χ1v) is 6.74. The number of nitrogens with zero attached hydrogens (tertiary/aromatic N) is 1. The van der Waals surface area contributed by atoms with Crippen LogP contribution in [0.3, 0.4) is 0 Å². The zero-order chi connectivity index (χ0) is 11.7. The highest BCUT2D eigenvalue weighted by molar-refractivity contribution is 5.09. The van der Waals surface area contributed by atoms with Gasteiger partial charge in [0.1, 0.15) is 0 Å². The van der Waals surface area contributed by atoms with Crippen LogP contribution in [0.5, 0.6) is 0 Å². The summed E-state index contributed by atoms with van der Waals surface area (Å²) in [5, 5.41) is 0. The van der Waals surface area contributed by atoms with E-state index in [1.54, 1.807) is 0 Å². The van der Waals surface area contributed by atoms with E-state index < -0.39 is 0 Å². The van der Waals surface area contributed by atoms with Gasteiger partial charge in [0.25, 0.3) is 0 Å². The van der Waals surface area contributed by atoms with Crippen molar-refractivity contribution >= 4 is 0 Å². The quantitative estimate of drug-likeness (QED) is 0.618. The van der Waals surface area contributed by atoms with Crippen LogP contribution in [0.25, 0.3) is 0 Å². The van der Waals surface area contributed by atoms with Crippen molar-refractivity contribution in [3.8, 4) is 0 Å². The van der Waals surface area contributed by atoms with Gasteiger partial charge < -0.3 is 0 Å². The van der Waals surface area contributed by atoms with Gasteiger partial charge in [0.15, 0.2) is 0 Å². The van der Waals surface area contributed by atoms with Gasteiger partial charge in [-0.05, 0) is 55.6 Å². The predicted molar refractivity (Wildman–Crippen MR) is 67.9 cm³/mol. The van der Waals surface area contributed by atoms with Gasteiger partial charge in [0.05, 0.1) is 11.7 Å². The number of hydrazine groups is 1. The smallest absolute Gasteiger partial charge is 0.0634 e. The largest absolute Gasteiger partial charge is 0.271 e. The minimum Gasteiger partial charge on any atom is -0.271 e. The number of aromatic nitrogens is 1. The number of pyridine rings is 1. The van der Waals surface area contributed by atoms with E-state index in [2.05, 4.69) is 16.5 Å². The van der Waals surface area contributed by atoms with Crippen molar-refractivity contribution in [2.45, 2.75) is 38.1 Å². The molecule has 3 heteroatoms. The minimum atomic E-state index is 0.223. The second-order valence-electron chi connectivity index (χ2n) is 5.64. The zero-order valence-corrected chi connectivity index (χ0v) is 10.2. The van der Waals surface area contributed by atoms with Crippen LogP contribution in [0.1, 0.15) is 43.8 Å². The van der Waals surface area contributed by atoms with E-state index in [1.807, 2.05) is 18.3 Å².